The normalized spacial score (nSPS) is 11.6. The number of nitrogens with one attached hydrogen (secondary N) is 2. The Morgan fingerprint density at radius 3 is 2.72 bits per heavy atom. The highest BCUT2D eigenvalue weighted by atomic mass is 35.5. The first-order chi connectivity index (χ1) is 14.1. The van der Waals surface area contributed by atoms with Gasteiger partial charge >= 0.3 is 0 Å². The van der Waals surface area contributed by atoms with Gasteiger partial charge in [0.2, 0.25) is 0 Å². The number of rotatable bonds is 8. The van der Waals surface area contributed by atoms with Crippen LogP contribution in [0.2, 0.25) is 10.0 Å². The van der Waals surface area contributed by atoms with E-state index in [0.29, 0.717) is 16.7 Å². The molecule has 6 heteroatoms. The highest BCUT2D eigenvalue weighted by Gasteiger charge is 2.17. The van der Waals surface area contributed by atoms with Gasteiger partial charge in [-0.2, -0.15) is 0 Å². The maximum absolute atomic E-state index is 6.36. The number of nitrogens with zero attached hydrogens (tertiary/aromatic N) is 1. The standard InChI is InChI=1S/C23H25Cl2N3O/c1-3-21-15(7-9-26-2)17-13-18(24)19(25)14-22(17)28(21)11-12-29-23-6-4-5-20-16(23)8-10-27-20/h4-6,8,10,13-14,26-27H,3,7,9,11-12H2,1-2H3. The van der Waals surface area contributed by atoms with E-state index < -0.39 is 0 Å². The minimum Gasteiger partial charge on any atom is -0.491 e. The summed E-state index contributed by atoms with van der Waals surface area (Å²) in [6.45, 7) is 4.43. The average molecular weight is 430 g/mol. The summed E-state index contributed by atoms with van der Waals surface area (Å²) < 4.78 is 8.50. The lowest BCUT2D eigenvalue weighted by atomic mass is 10.1. The summed E-state index contributed by atoms with van der Waals surface area (Å²) in [6.07, 6.45) is 3.83. The topological polar surface area (TPSA) is 42.0 Å². The van der Waals surface area contributed by atoms with Crippen molar-refractivity contribution in [1.82, 2.24) is 14.9 Å². The molecule has 152 valence electrons. The van der Waals surface area contributed by atoms with Crippen LogP contribution >= 0.6 is 23.2 Å². The predicted octanol–water partition coefficient (Wildman–Crippen LogP) is 5.83. The Balaban J connectivity index is 1.66. The van der Waals surface area contributed by atoms with Crippen LogP contribution in [0.25, 0.3) is 21.8 Å². The fourth-order valence-electron chi connectivity index (χ4n) is 4.08. The van der Waals surface area contributed by atoms with Gasteiger partial charge in [-0.3, -0.25) is 0 Å². The van der Waals surface area contributed by atoms with E-state index in [4.69, 9.17) is 27.9 Å². The molecule has 0 atom stereocenters. The van der Waals surface area contributed by atoms with E-state index in [2.05, 4.69) is 27.9 Å². The molecule has 0 aliphatic rings. The van der Waals surface area contributed by atoms with Crippen molar-refractivity contribution < 1.29 is 4.74 Å². The quantitative estimate of drug-likeness (QED) is 0.369. The predicted molar refractivity (Wildman–Crippen MR) is 123 cm³/mol. The molecule has 0 bridgehead atoms. The van der Waals surface area contributed by atoms with Crippen molar-refractivity contribution >= 4 is 45.0 Å². The molecule has 4 nitrogen and oxygen atoms in total. The fourth-order valence-corrected chi connectivity index (χ4v) is 4.40. The summed E-state index contributed by atoms with van der Waals surface area (Å²) in [5.41, 5.74) is 4.85. The molecule has 0 aliphatic carbocycles. The summed E-state index contributed by atoms with van der Waals surface area (Å²) in [5.74, 6) is 0.898. The molecular weight excluding hydrogens is 405 g/mol. The molecule has 4 aromatic rings. The van der Waals surface area contributed by atoms with Crippen molar-refractivity contribution in [2.45, 2.75) is 26.3 Å². The van der Waals surface area contributed by atoms with Gasteiger partial charge in [0.05, 0.1) is 22.1 Å². The van der Waals surface area contributed by atoms with Crippen molar-refractivity contribution in [3.05, 3.63) is 63.9 Å². The second-order valence-corrected chi connectivity index (χ2v) is 7.93. The third-order valence-electron chi connectivity index (χ3n) is 5.42. The van der Waals surface area contributed by atoms with Gasteiger partial charge in [0.15, 0.2) is 0 Å². The van der Waals surface area contributed by atoms with Crippen molar-refractivity contribution in [1.29, 1.82) is 0 Å². The highest BCUT2D eigenvalue weighted by Crippen LogP contribution is 2.34. The van der Waals surface area contributed by atoms with Gasteiger partial charge in [0.25, 0.3) is 0 Å². The van der Waals surface area contributed by atoms with Gasteiger partial charge in [-0.25, -0.2) is 0 Å². The third-order valence-corrected chi connectivity index (χ3v) is 6.14. The van der Waals surface area contributed by atoms with E-state index in [1.54, 1.807) is 0 Å². The first-order valence-corrected chi connectivity index (χ1v) is 10.7. The van der Waals surface area contributed by atoms with Gasteiger partial charge < -0.3 is 19.6 Å². The van der Waals surface area contributed by atoms with Crippen molar-refractivity contribution in [3.63, 3.8) is 0 Å². The smallest absolute Gasteiger partial charge is 0.128 e. The molecule has 4 rings (SSSR count). The average Bonchev–Trinajstić information content (AvgIpc) is 3.30. The molecule has 0 saturated carbocycles. The number of H-pyrrole nitrogens is 1. The minimum absolute atomic E-state index is 0.576. The molecule has 0 spiro atoms. The number of aromatic amines is 1. The van der Waals surface area contributed by atoms with E-state index in [1.807, 2.05) is 43.6 Å². The van der Waals surface area contributed by atoms with Gasteiger partial charge in [-0.05, 0) is 62.3 Å². The van der Waals surface area contributed by atoms with Gasteiger partial charge in [0, 0.05) is 28.2 Å². The Bertz CT molecular complexity index is 1150. The van der Waals surface area contributed by atoms with Crippen LogP contribution in [0.4, 0.5) is 0 Å². The maximum Gasteiger partial charge on any atom is 0.128 e. The zero-order chi connectivity index (χ0) is 20.4. The van der Waals surface area contributed by atoms with Crippen LogP contribution in [0.1, 0.15) is 18.2 Å². The van der Waals surface area contributed by atoms with Crippen molar-refractivity contribution in [2.75, 3.05) is 20.2 Å². The first kappa shape index (κ1) is 20.1. The van der Waals surface area contributed by atoms with Crippen molar-refractivity contribution in [3.8, 4) is 5.75 Å². The largest absolute Gasteiger partial charge is 0.491 e. The lowest BCUT2D eigenvalue weighted by Gasteiger charge is -2.13. The fraction of sp³-hybridized carbons (Fsp3) is 0.304. The van der Waals surface area contributed by atoms with Gasteiger partial charge in [-0.1, -0.05) is 36.2 Å². The SMILES string of the molecule is CCc1c(CCNC)c2cc(Cl)c(Cl)cc2n1CCOc1cccc2[nH]ccc12. The number of benzene rings is 2. The van der Waals surface area contributed by atoms with Crippen LogP contribution in [0.5, 0.6) is 5.75 Å². The third kappa shape index (κ3) is 3.85. The molecule has 0 aliphatic heterocycles. The first-order valence-electron chi connectivity index (χ1n) is 9.96. The van der Waals surface area contributed by atoms with E-state index in [1.165, 1.54) is 16.6 Å². The molecule has 2 heterocycles. The molecule has 0 fully saturated rings. The Hall–Kier alpha value is -2.14. The van der Waals surface area contributed by atoms with Crippen LogP contribution < -0.4 is 10.1 Å². The van der Waals surface area contributed by atoms with Gasteiger partial charge in [0.1, 0.15) is 12.4 Å². The summed E-state index contributed by atoms with van der Waals surface area (Å²) in [6, 6.07) is 12.1. The molecule has 2 N–H and O–H groups in total. The number of likely N-dealkylation sites (N-methyl/N-ethyl adjacent to an activating group) is 1. The summed E-state index contributed by atoms with van der Waals surface area (Å²) >= 11 is 12.7. The Morgan fingerprint density at radius 1 is 1.10 bits per heavy atom. The van der Waals surface area contributed by atoms with E-state index >= 15 is 0 Å². The van der Waals surface area contributed by atoms with Crippen LogP contribution in [-0.4, -0.2) is 29.8 Å². The minimum atomic E-state index is 0.576. The number of halogens is 2. The van der Waals surface area contributed by atoms with E-state index in [-0.39, 0.29) is 0 Å². The maximum atomic E-state index is 6.36. The molecular formula is C23H25Cl2N3O. The molecule has 0 unspecified atom stereocenters. The second kappa shape index (κ2) is 8.70. The van der Waals surface area contributed by atoms with Crippen LogP contribution in [0, 0.1) is 0 Å². The molecule has 0 amide bonds. The Kier molecular flexibility index (Phi) is 6.04. The van der Waals surface area contributed by atoms with E-state index in [9.17, 15) is 0 Å². The number of aromatic nitrogens is 2. The molecule has 2 aromatic heterocycles. The summed E-state index contributed by atoms with van der Waals surface area (Å²) in [7, 11) is 1.98. The van der Waals surface area contributed by atoms with Crippen LogP contribution in [-0.2, 0) is 19.4 Å². The number of ether oxygens (including phenoxy) is 1. The molecule has 0 saturated heterocycles. The van der Waals surface area contributed by atoms with E-state index in [0.717, 1.165) is 48.1 Å². The van der Waals surface area contributed by atoms with Crippen LogP contribution in [0.15, 0.2) is 42.6 Å². The highest BCUT2D eigenvalue weighted by molar-refractivity contribution is 6.42. The van der Waals surface area contributed by atoms with Crippen molar-refractivity contribution in [2.24, 2.45) is 0 Å². The monoisotopic (exact) mass is 429 g/mol. The zero-order valence-corrected chi connectivity index (χ0v) is 18.2. The lowest BCUT2D eigenvalue weighted by Crippen LogP contribution is -2.13. The molecule has 29 heavy (non-hydrogen) atoms. The Labute approximate surface area is 180 Å². The number of hydrogen-bond donors (Lipinski definition) is 2. The molecule has 0 radical (unpaired) electrons. The molecule has 2 aromatic carbocycles. The zero-order valence-electron chi connectivity index (χ0n) is 16.7. The van der Waals surface area contributed by atoms with Gasteiger partial charge in [-0.15, -0.1) is 0 Å². The summed E-state index contributed by atoms with van der Waals surface area (Å²) in [5, 5.41) is 6.71. The lowest BCUT2D eigenvalue weighted by molar-refractivity contribution is 0.302. The number of fused-ring (bicyclic) bond motifs is 2. The summed E-state index contributed by atoms with van der Waals surface area (Å²) in [4.78, 5) is 3.23. The Morgan fingerprint density at radius 2 is 1.93 bits per heavy atom. The van der Waals surface area contributed by atoms with Crippen LogP contribution in [0.3, 0.4) is 0 Å². The second-order valence-electron chi connectivity index (χ2n) is 7.11. The number of hydrogen-bond acceptors (Lipinski definition) is 2.